The van der Waals surface area contributed by atoms with Gasteiger partial charge in [0.05, 0.1) is 17.0 Å². The van der Waals surface area contributed by atoms with Crippen molar-refractivity contribution in [2.45, 2.75) is 94.1 Å². The molecule has 1 N–H and O–H groups in total. The van der Waals surface area contributed by atoms with Crippen molar-refractivity contribution in [3.05, 3.63) is 52.5 Å². The number of hydrogen-bond donors (Lipinski definition) is 1. The Bertz CT molecular complexity index is 1220. The fourth-order valence-electron chi connectivity index (χ4n) is 4.42. The fraction of sp³-hybridized carbons (Fsp3) is 0.581. The molecule has 1 atom stereocenters. The molecule has 0 aliphatic heterocycles. The van der Waals surface area contributed by atoms with Crippen molar-refractivity contribution in [1.82, 2.24) is 5.32 Å². The van der Waals surface area contributed by atoms with Crippen LogP contribution in [0.15, 0.2) is 46.2 Å². The molecule has 2 aromatic rings. The minimum atomic E-state index is -3.79. The van der Waals surface area contributed by atoms with Crippen LogP contribution in [0, 0.1) is 0 Å². The van der Waals surface area contributed by atoms with Crippen molar-refractivity contribution in [3.8, 4) is 5.75 Å². The molecule has 43 heavy (non-hydrogen) atoms. The van der Waals surface area contributed by atoms with Crippen molar-refractivity contribution >= 4 is 37.3 Å². The van der Waals surface area contributed by atoms with Crippen molar-refractivity contribution in [2.24, 2.45) is 0 Å². The molecule has 0 aliphatic carbocycles. The number of hydrogen-bond acceptors (Lipinski definition) is 9. The number of rotatable bonds is 18. The second kappa shape index (κ2) is 17.6. The van der Waals surface area contributed by atoms with Gasteiger partial charge in [-0.05, 0) is 81.8 Å². The number of alkyl carbamates (subject to hydrolysis) is 1. The minimum Gasteiger partial charge on any atom is -0.466 e. The Hall–Kier alpha value is -1.78. The van der Waals surface area contributed by atoms with E-state index in [0.29, 0.717) is 24.3 Å². The van der Waals surface area contributed by atoms with E-state index in [1.165, 1.54) is 19.8 Å². The smallest absolute Gasteiger partial charge is 0.466 e. The van der Waals surface area contributed by atoms with Gasteiger partial charge in [-0.15, -0.1) is 0 Å². The van der Waals surface area contributed by atoms with E-state index in [-0.39, 0.29) is 13.4 Å². The van der Waals surface area contributed by atoms with Crippen LogP contribution in [0.3, 0.4) is 0 Å². The first-order valence-electron chi connectivity index (χ1n) is 14.4. The van der Waals surface area contributed by atoms with Crippen LogP contribution in [-0.2, 0) is 40.5 Å². The number of aryl methyl sites for hydroxylation is 2. The Kier molecular flexibility index (Phi) is 15.3. The molecule has 0 saturated carbocycles. The van der Waals surface area contributed by atoms with E-state index in [1.54, 1.807) is 39.6 Å². The summed E-state index contributed by atoms with van der Waals surface area (Å²) in [6.45, 7) is 9.58. The van der Waals surface area contributed by atoms with Crippen molar-refractivity contribution < 1.29 is 37.1 Å². The maximum absolute atomic E-state index is 12.9. The van der Waals surface area contributed by atoms with Gasteiger partial charge in [0.15, 0.2) is 6.79 Å². The van der Waals surface area contributed by atoms with Gasteiger partial charge in [0.25, 0.3) is 0 Å². The lowest BCUT2D eigenvalue weighted by Gasteiger charge is -2.36. The summed E-state index contributed by atoms with van der Waals surface area (Å²) in [5.74, 6) is 0.744. The van der Waals surface area contributed by atoms with E-state index in [4.69, 9.17) is 39.4 Å². The Morgan fingerprint density at radius 1 is 0.977 bits per heavy atom. The zero-order valence-corrected chi connectivity index (χ0v) is 29.1. The van der Waals surface area contributed by atoms with Crippen LogP contribution in [0.2, 0.25) is 5.02 Å². The van der Waals surface area contributed by atoms with Gasteiger partial charge in [0.1, 0.15) is 11.4 Å². The second-order valence-electron chi connectivity index (χ2n) is 11.2. The number of amides is 1. The quantitative estimate of drug-likeness (QED) is 0.124. The zero-order chi connectivity index (χ0) is 32.1. The lowest BCUT2D eigenvalue weighted by atomic mass is 9.87. The summed E-state index contributed by atoms with van der Waals surface area (Å²) in [5.41, 5.74) is 0.512. The number of halogens is 1. The molecule has 1 amide bonds. The molecule has 0 heterocycles. The topological polar surface area (TPSA) is 102 Å². The highest BCUT2D eigenvalue weighted by Gasteiger charge is 2.37. The van der Waals surface area contributed by atoms with Crippen LogP contribution in [0.5, 0.6) is 5.75 Å². The predicted molar refractivity (Wildman–Crippen MR) is 171 cm³/mol. The normalized spacial score (nSPS) is 13.4. The third-order valence-corrected chi connectivity index (χ3v) is 9.17. The highest BCUT2D eigenvalue weighted by atomic mass is 35.5. The number of benzene rings is 2. The van der Waals surface area contributed by atoms with E-state index in [0.717, 1.165) is 40.4 Å². The number of phosphoric acid groups is 1. The molecule has 0 aliphatic rings. The predicted octanol–water partition coefficient (Wildman–Crippen LogP) is 8.84. The van der Waals surface area contributed by atoms with Gasteiger partial charge in [-0.1, -0.05) is 62.2 Å². The molecule has 242 valence electrons. The lowest BCUT2D eigenvalue weighted by molar-refractivity contribution is 0.0351. The number of nitrogens with one attached hydrogen (secondary N) is 1. The summed E-state index contributed by atoms with van der Waals surface area (Å²) < 4.78 is 44.7. The van der Waals surface area contributed by atoms with Gasteiger partial charge < -0.3 is 19.5 Å². The van der Waals surface area contributed by atoms with Crippen LogP contribution in [0.25, 0.3) is 0 Å². The molecular formula is C31H47ClNO8PS. The highest BCUT2D eigenvalue weighted by Crippen LogP contribution is 2.48. The van der Waals surface area contributed by atoms with Gasteiger partial charge in [-0.25, -0.2) is 9.36 Å². The summed E-state index contributed by atoms with van der Waals surface area (Å²) in [5, 5.41) is 3.59. The second-order valence-corrected chi connectivity index (χ2v) is 14.6. The molecule has 0 saturated heterocycles. The van der Waals surface area contributed by atoms with E-state index >= 15 is 0 Å². The maximum atomic E-state index is 12.9. The summed E-state index contributed by atoms with van der Waals surface area (Å²) in [7, 11) is 0.301. The summed E-state index contributed by atoms with van der Waals surface area (Å²) >= 11 is 8.37. The molecule has 2 aromatic carbocycles. The Labute approximate surface area is 266 Å². The number of phosphoric ester groups is 1. The third kappa shape index (κ3) is 12.6. The summed E-state index contributed by atoms with van der Waals surface area (Å²) in [4.78, 5) is 14.8. The molecule has 0 spiro atoms. The van der Waals surface area contributed by atoms with Crippen LogP contribution in [-0.4, -0.2) is 52.0 Å². The molecule has 0 fully saturated rings. The van der Waals surface area contributed by atoms with E-state index in [2.05, 4.69) is 24.4 Å². The first kappa shape index (κ1) is 37.4. The maximum Gasteiger partial charge on any atom is 0.474 e. The minimum absolute atomic E-state index is 0.108. The van der Waals surface area contributed by atoms with Gasteiger partial charge in [0, 0.05) is 31.2 Å². The summed E-state index contributed by atoms with van der Waals surface area (Å²) in [6, 6.07) is 12.1. The molecular weight excluding hydrogens is 613 g/mol. The van der Waals surface area contributed by atoms with Gasteiger partial charge in [0.2, 0.25) is 0 Å². The standard InChI is InChI=1S/C31H47ClNO8PS/c1-9-11-23-12-15-27(39-22-36-6)28(19-23)43-25-14-13-24(26(32)20-25)16-18-31(17-10-2,21-40-42(35,37-7)38-8)33-29(34)41-30(3,4)5/h12-15,19-20H,9-11,16-18,21-22H2,1-8H3,(H,33,34). The van der Waals surface area contributed by atoms with Crippen LogP contribution >= 0.6 is 31.2 Å². The average molecular weight is 660 g/mol. The largest absolute Gasteiger partial charge is 0.474 e. The molecule has 9 nitrogen and oxygen atoms in total. The monoisotopic (exact) mass is 659 g/mol. The van der Waals surface area contributed by atoms with Gasteiger partial charge in [-0.3, -0.25) is 13.6 Å². The zero-order valence-electron chi connectivity index (χ0n) is 26.6. The molecule has 1 unspecified atom stereocenters. The first-order valence-corrected chi connectivity index (χ1v) is 17.0. The SMILES string of the molecule is CCCc1ccc(OCOC)c(Sc2ccc(CCC(CCC)(COP(=O)(OC)OC)NC(=O)OC(C)(C)C)c(Cl)c2)c1. The molecule has 0 radical (unpaired) electrons. The lowest BCUT2D eigenvalue weighted by Crippen LogP contribution is -2.53. The van der Waals surface area contributed by atoms with Crippen molar-refractivity contribution in [2.75, 3.05) is 34.7 Å². The molecule has 2 rings (SSSR count). The van der Waals surface area contributed by atoms with E-state index in [1.807, 2.05) is 31.2 Å². The first-order chi connectivity index (χ1) is 20.3. The fourth-order valence-corrected chi connectivity index (χ4v) is 6.53. The number of carbonyl (C=O) groups is 1. The molecule has 0 bridgehead atoms. The Morgan fingerprint density at radius 2 is 1.70 bits per heavy atom. The van der Waals surface area contributed by atoms with E-state index < -0.39 is 25.1 Å². The molecule has 0 aromatic heterocycles. The van der Waals surface area contributed by atoms with Gasteiger partial charge in [-0.2, -0.15) is 0 Å². The van der Waals surface area contributed by atoms with Gasteiger partial charge >= 0.3 is 13.9 Å². The highest BCUT2D eigenvalue weighted by molar-refractivity contribution is 7.99. The Morgan fingerprint density at radius 3 is 2.28 bits per heavy atom. The average Bonchev–Trinajstić information content (AvgIpc) is 2.94. The van der Waals surface area contributed by atoms with Crippen LogP contribution in [0.4, 0.5) is 4.79 Å². The molecule has 12 heteroatoms. The van der Waals surface area contributed by atoms with Crippen molar-refractivity contribution in [1.29, 1.82) is 0 Å². The van der Waals surface area contributed by atoms with Crippen LogP contribution in [0.1, 0.15) is 71.4 Å². The van der Waals surface area contributed by atoms with Crippen LogP contribution < -0.4 is 10.1 Å². The number of ether oxygens (including phenoxy) is 3. The Balaban J connectivity index is 2.31. The number of carbonyl (C=O) groups excluding carboxylic acids is 1. The van der Waals surface area contributed by atoms with E-state index in [9.17, 15) is 9.36 Å². The number of methoxy groups -OCH3 is 1. The third-order valence-electron chi connectivity index (χ3n) is 6.45. The van der Waals surface area contributed by atoms with Crippen molar-refractivity contribution in [3.63, 3.8) is 0 Å². The summed E-state index contributed by atoms with van der Waals surface area (Å²) in [6.07, 6.45) is 3.63.